The van der Waals surface area contributed by atoms with E-state index in [2.05, 4.69) is 5.32 Å². The number of ether oxygens (including phenoxy) is 2. The summed E-state index contributed by atoms with van der Waals surface area (Å²) in [5.41, 5.74) is 1.70. The van der Waals surface area contributed by atoms with Crippen LogP contribution < -0.4 is 14.8 Å². The summed E-state index contributed by atoms with van der Waals surface area (Å²) in [5.74, 6) is 1.33. The van der Waals surface area contributed by atoms with Crippen molar-refractivity contribution in [2.75, 3.05) is 13.4 Å². The lowest BCUT2D eigenvalue weighted by Gasteiger charge is -2.17. The molecule has 0 radical (unpaired) electrons. The first-order valence-corrected chi connectivity index (χ1v) is 6.78. The molecule has 2 aromatic carbocycles. The summed E-state index contributed by atoms with van der Waals surface area (Å²) in [6, 6.07) is 12.8. The van der Waals surface area contributed by atoms with Crippen LogP contribution in [0.3, 0.4) is 0 Å². The van der Waals surface area contributed by atoms with Crippen LogP contribution in [0.15, 0.2) is 42.5 Å². The van der Waals surface area contributed by atoms with Crippen LogP contribution in [0.1, 0.15) is 17.2 Å². The summed E-state index contributed by atoms with van der Waals surface area (Å²) < 4.78 is 10.5. The van der Waals surface area contributed by atoms with Gasteiger partial charge in [-0.2, -0.15) is 0 Å². The van der Waals surface area contributed by atoms with Crippen LogP contribution >= 0.6 is 0 Å². The van der Waals surface area contributed by atoms with E-state index < -0.39 is 0 Å². The molecule has 1 aliphatic heterocycles. The van der Waals surface area contributed by atoms with Gasteiger partial charge in [-0.1, -0.05) is 30.3 Å². The molecule has 0 aromatic heterocycles. The molecule has 0 unspecified atom stereocenters. The number of fused-ring (bicyclic) bond motifs is 1. The molecule has 1 heterocycles. The predicted molar refractivity (Wildman–Crippen MR) is 77.3 cm³/mol. The van der Waals surface area contributed by atoms with E-state index in [1.807, 2.05) is 30.3 Å². The zero-order valence-electron chi connectivity index (χ0n) is 11.5. The Kier molecular flexibility index (Phi) is 3.94. The van der Waals surface area contributed by atoms with Crippen molar-refractivity contribution in [1.82, 2.24) is 5.32 Å². The number of aliphatic hydroxyl groups is 1. The van der Waals surface area contributed by atoms with Crippen molar-refractivity contribution in [3.63, 3.8) is 0 Å². The minimum absolute atomic E-state index is 0.0185. The molecule has 5 heteroatoms. The Hall–Kier alpha value is -2.24. The van der Waals surface area contributed by atoms with Crippen LogP contribution in [0, 0.1) is 0 Å². The Morgan fingerprint density at radius 1 is 1.10 bits per heavy atom. The number of rotatable bonds is 5. The van der Waals surface area contributed by atoms with E-state index in [1.165, 1.54) is 0 Å². The van der Waals surface area contributed by atoms with Crippen molar-refractivity contribution in [3.05, 3.63) is 53.6 Å². The second-order valence-corrected chi connectivity index (χ2v) is 4.86. The van der Waals surface area contributed by atoms with Gasteiger partial charge in [-0.05, 0) is 11.6 Å². The molecule has 1 aliphatic rings. The molecule has 0 aliphatic carbocycles. The van der Waals surface area contributed by atoms with Gasteiger partial charge in [-0.3, -0.25) is 0 Å². The fourth-order valence-electron chi connectivity index (χ4n) is 2.32. The first kappa shape index (κ1) is 13.7. The summed E-state index contributed by atoms with van der Waals surface area (Å²) in [6.45, 7) is 0.576. The number of phenolic OH excluding ortho intramolecular Hbond substituents is 1. The maximum absolute atomic E-state index is 9.99. The molecule has 21 heavy (non-hydrogen) atoms. The Morgan fingerprint density at radius 2 is 1.81 bits per heavy atom. The maximum Gasteiger partial charge on any atom is 0.231 e. The molecule has 2 aromatic rings. The monoisotopic (exact) mass is 287 g/mol. The van der Waals surface area contributed by atoms with Crippen molar-refractivity contribution in [2.45, 2.75) is 12.6 Å². The number of hydrogen-bond acceptors (Lipinski definition) is 5. The van der Waals surface area contributed by atoms with Gasteiger partial charge < -0.3 is 25.0 Å². The lowest BCUT2D eigenvalue weighted by Crippen LogP contribution is -2.23. The lowest BCUT2D eigenvalue weighted by atomic mass is 10.1. The number of nitrogens with one attached hydrogen (secondary N) is 1. The van der Waals surface area contributed by atoms with Crippen LogP contribution in [0.2, 0.25) is 0 Å². The van der Waals surface area contributed by atoms with Gasteiger partial charge in [-0.25, -0.2) is 0 Å². The third kappa shape index (κ3) is 2.94. The van der Waals surface area contributed by atoms with Crippen molar-refractivity contribution in [1.29, 1.82) is 0 Å². The highest BCUT2D eigenvalue weighted by Gasteiger charge is 2.18. The smallest absolute Gasteiger partial charge is 0.231 e. The molecular weight excluding hydrogens is 270 g/mol. The molecule has 0 saturated carbocycles. The highest BCUT2D eigenvalue weighted by molar-refractivity contribution is 5.51. The predicted octanol–water partition coefficient (Wildman–Crippen LogP) is 1.94. The third-order valence-electron chi connectivity index (χ3n) is 3.50. The fourth-order valence-corrected chi connectivity index (χ4v) is 2.32. The molecule has 110 valence electrons. The van der Waals surface area contributed by atoms with Gasteiger partial charge in [0, 0.05) is 18.2 Å². The number of hydrogen-bond donors (Lipinski definition) is 3. The second-order valence-electron chi connectivity index (χ2n) is 4.86. The van der Waals surface area contributed by atoms with Crippen LogP contribution in [0.4, 0.5) is 0 Å². The van der Waals surface area contributed by atoms with Crippen molar-refractivity contribution in [2.24, 2.45) is 0 Å². The molecule has 0 amide bonds. The van der Waals surface area contributed by atoms with E-state index >= 15 is 0 Å². The van der Waals surface area contributed by atoms with E-state index in [0.717, 1.165) is 5.56 Å². The van der Waals surface area contributed by atoms with E-state index in [0.29, 0.717) is 23.6 Å². The number of benzene rings is 2. The summed E-state index contributed by atoms with van der Waals surface area (Å²) >= 11 is 0. The molecule has 0 saturated heterocycles. The Bertz CT molecular complexity index is 615. The molecule has 5 nitrogen and oxygen atoms in total. The first-order chi connectivity index (χ1) is 10.3. The Labute approximate surface area is 122 Å². The lowest BCUT2D eigenvalue weighted by molar-refractivity contribution is 0.174. The average molecular weight is 287 g/mol. The highest BCUT2D eigenvalue weighted by Crippen LogP contribution is 2.37. The quantitative estimate of drug-likeness (QED) is 0.784. The topological polar surface area (TPSA) is 71.0 Å². The van der Waals surface area contributed by atoms with Crippen LogP contribution in [-0.4, -0.2) is 23.6 Å². The first-order valence-electron chi connectivity index (χ1n) is 6.78. The molecule has 0 fully saturated rings. The second kappa shape index (κ2) is 6.03. The molecule has 3 rings (SSSR count). The SMILES string of the molecule is OC[C@H](NCc1cc2c(cc1O)OCO2)c1ccccc1. The van der Waals surface area contributed by atoms with Gasteiger partial charge in [0.25, 0.3) is 0 Å². The van der Waals surface area contributed by atoms with Gasteiger partial charge >= 0.3 is 0 Å². The van der Waals surface area contributed by atoms with Crippen LogP contribution in [-0.2, 0) is 6.54 Å². The standard InChI is InChI=1S/C16H17NO4/c18-9-13(11-4-2-1-3-5-11)17-8-12-6-15-16(7-14(12)19)21-10-20-15/h1-7,13,17-19H,8-10H2/t13-/m0/s1. The Balaban J connectivity index is 1.72. The van der Waals surface area contributed by atoms with Gasteiger partial charge in [-0.15, -0.1) is 0 Å². The van der Waals surface area contributed by atoms with E-state index in [4.69, 9.17) is 9.47 Å². The maximum atomic E-state index is 9.99. The van der Waals surface area contributed by atoms with Crippen molar-refractivity contribution >= 4 is 0 Å². The minimum Gasteiger partial charge on any atom is -0.507 e. The van der Waals surface area contributed by atoms with Crippen LogP contribution in [0.25, 0.3) is 0 Å². The minimum atomic E-state index is -0.184. The third-order valence-corrected chi connectivity index (χ3v) is 3.50. The van der Waals surface area contributed by atoms with Crippen LogP contribution in [0.5, 0.6) is 17.2 Å². The van der Waals surface area contributed by atoms with E-state index in [1.54, 1.807) is 12.1 Å². The zero-order chi connectivity index (χ0) is 14.7. The Morgan fingerprint density at radius 3 is 2.52 bits per heavy atom. The van der Waals surface area contributed by atoms with E-state index in [-0.39, 0.29) is 25.2 Å². The van der Waals surface area contributed by atoms with Crippen molar-refractivity contribution in [3.8, 4) is 17.2 Å². The molecule has 1 atom stereocenters. The van der Waals surface area contributed by atoms with E-state index in [9.17, 15) is 10.2 Å². The normalized spacial score (nSPS) is 14.1. The summed E-state index contributed by atoms with van der Waals surface area (Å²) in [4.78, 5) is 0. The molecule has 0 spiro atoms. The number of aromatic hydroxyl groups is 1. The van der Waals surface area contributed by atoms with Gasteiger partial charge in [0.1, 0.15) is 5.75 Å². The largest absolute Gasteiger partial charge is 0.507 e. The molecule has 0 bridgehead atoms. The summed E-state index contributed by atoms with van der Waals surface area (Å²) in [5, 5.41) is 22.7. The van der Waals surface area contributed by atoms with Crippen molar-refractivity contribution < 1.29 is 19.7 Å². The molecule has 3 N–H and O–H groups in total. The summed E-state index contributed by atoms with van der Waals surface area (Å²) in [6.07, 6.45) is 0. The summed E-state index contributed by atoms with van der Waals surface area (Å²) in [7, 11) is 0. The van der Waals surface area contributed by atoms with Gasteiger partial charge in [0.15, 0.2) is 11.5 Å². The highest BCUT2D eigenvalue weighted by atomic mass is 16.7. The van der Waals surface area contributed by atoms with Gasteiger partial charge in [0.2, 0.25) is 6.79 Å². The fraction of sp³-hybridized carbons (Fsp3) is 0.250. The zero-order valence-corrected chi connectivity index (χ0v) is 11.5. The number of aliphatic hydroxyl groups excluding tert-OH is 1. The average Bonchev–Trinajstić information content (AvgIpc) is 2.96. The number of phenols is 1. The molecular formula is C16H17NO4. The van der Waals surface area contributed by atoms with Gasteiger partial charge in [0.05, 0.1) is 12.6 Å².